The molecule has 1 fully saturated rings. The van der Waals surface area contributed by atoms with E-state index in [0.29, 0.717) is 5.92 Å². The first kappa shape index (κ1) is 14.9. The van der Waals surface area contributed by atoms with Crippen LogP contribution in [-0.4, -0.2) is 38.7 Å². The highest BCUT2D eigenvalue weighted by molar-refractivity contribution is 7.08. The van der Waals surface area contributed by atoms with Gasteiger partial charge in [-0.2, -0.15) is 11.3 Å². The van der Waals surface area contributed by atoms with Crippen LogP contribution in [-0.2, 0) is 13.0 Å². The molecule has 1 unspecified atom stereocenters. The first-order valence-corrected chi connectivity index (χ1v) is 9.50. The van der Waals surface area contributed by atoms with E-state index in [0.717, 1.165) is 56.1 Å². The second kappa shape index (κ2) is 6.43. The fourth-order valence-electron chi connectivity index (χ4n) is 3.75. The lowest BCUT2D eigenvalue weighted by atomic mass is 9.96. The molecule has 6 heteroatoms. The lowest BCUT2D eigenvalue weighted by Gasteiger charge is -2.32. The van der Waals surface area contributed by atoms with Crippen molar-refractivity contribution in [3.63, 3.8) is 0 Å². The Morgan fingerprint density at radius 2 is 2.13 bits per heavy atom. The minimum Gasteiger partial charge on any atom is -0.338 e. The van der Waals surface area contributed by atoms with E-state index < -0.39 is 0 Å². The van der Waals surface area contributed by atoms with Crippen LogP contribution in [0.1, 0.15) is 60.0 Å². The summed E-state index contributed by atoms with van der Waals surface area (Å²) in [5.41, 5.74) is 0.815. The molecule has 0 N–H and O–H groups in total. The molecule has 0 spiro atoms. The van der Waals surface area contributed by atoms with Gasteiger partial charge in [-0.25, -0.2) is 0 Å². The number of aromatic nitrogens is 3. The zero-order chi connectivity index (χ0) is 15.6. The Morgan fingerprint density at radius 1 is 1.17 bits per heavy atom. The number of likely N-dealkylation sites (tertiary alicyclic amines) is 1. The standard InChI is InChI=1S/C17H22N4OS/c22-17(14-7-10-23-12-14)20-8-4-5-13(11-20)16-19-18-15-6-2-1-3-9-21(15)16/h7,10,12-13H,1-6,8-9,11H2. The maximum Gasteiger partial charge on any atom is 0.254 e. The molecule has 1 saturated heterocycles. The number of hydrogen-bond donors (Lipinski definition) is 0. The van der Waals surface area contributed by atoms with E-state index in [1.54, 1.807) is 11.3 Å². The smallest absolute Gasteiger partial charge is 0.254 e. The first-order valence-electron chi connectivity index (χ1n) is 8.56. The van der Waals surface area contributed by atoms with Crippen molar-refractivity contribution in [1.29, 1.82) is 0 Å². The zero-order valence-corrected chi connectivity index (χ0v) is 14.1. The van der Waals surface area contributed by atoms with Crippen molar-refractivity contribution in [3.05, 3.63) is 34.0 Å². The monoisotopic (exact) mass is 330 g/mol. The normalized spacial score (nSPS) is 21.7. The molecule has 122 valence electrons. The molecule has 2 aliphatic heterocycles. The van der Waals surface area contributed by atoms with Gasteiger partial charge in [0.2, 0.25) is 0 Å². The summed E-state index contributed by atoms with van der Waals surface area (Å²) in [5.74, 6) is 2.72. The second-order valence-electron chi connectivity index (χ2n) is 6.54. The molecule has 0 bridgehead atoms. The molecule has 0 aliphatic carbocycles. The molecule has 2 aromatic heterocycles. The second-order valence-corrected chi connectivity index (χ2v) is 7.32. The van der Waals surface area contributed by atoms with Crippen molar-refractivity contribution in [3.8, 4) is 0 Å². The molecule has 1 amide bonds. The Balaban J connectivity index is 1.54. The van der Waals surface area contributed by atoms with Gasteiger partial charge in [0.05, 0.1) is 5.56 Å². The summed E-state index contributed by atoms with van der Waals surface area (Å²) in [4.78, 5) is 14.6. The van der Waals surface area contributed by atoms with Crippen molar-refractivity contribution in [1.82, 2.24) is 19.7 Å². The lowest BCUT2D eigenvalue weighted by Crippen LogP contribution is -2.39. The van der Waals surface area contributed by atoms with Gasteiger partial charge in [0.25, 0.3) is 5.91 Å². The zero-order valence-electron chi connectivity index (χ0n) is 13.3. The third kappa shape index (κ3) is 2.92. The van der Waals surface area contributed by atoms with Crippen LogP contribution in [0, 0.1) is 0 Å². The van der Waals surface area contributed by atoms with Gasteiger partial charge >= 0.3 is 0 Å². The molecule has 0 aromatic carbocycles. The molecule has 4 rings (SSSR count). The van der Waals surface area contributed by atoms with E-state index in [-0.39, 0.29) is 5.91 Å². The number of carbonyl (C=O) groups is 1. The van der Waals surface area contributed by atoms with Crippen molar-refractivity contribution < 1.29 is 4.79 Å². The van der Waals surface area contributed by atoms with Gasteiger partial charge < -0.3 is 9.47 Å². The molecule has 2 aromatic rings. The van der Waals surface area contributed by atoms with Crippen LogP contribution >= 0.6 is 11.3 Å². The SMILES string of the molecule is O=C(c1ccsc1)N1CCCC(c2nnc3n2CCCCC3)C1. The molecule has 5 nitrogen and oxygen atoms in total. The quantitative estimate of drug-likeness (QED) is 0.850. The van der Waals surface area contributed by atoms with Crippen LogP contribution in [0.4, 0.5) is 0 Å². The summed E-state index contributed by atoms with van der Waals surface area (Å²) >= 11 is 1.58. The van der Waals surface area contributed by atoms with Crippen molar-refractivity contribution in [2.24, 2.45) is 0 Å². The highest BCUT2D eigenvalue weighted by atomic mass is 32.1. The predicted molar refractivity (Wildman–Crippen MR) is 89.8 cm³/mol. The Labute approximate surface area is 140 Å². The van der Waals surface area contributed by atoms with E-state index in [1.807, 2.05) is 21.7 Å². The van der Waals surface area contributed by atoms with Crippen LogP contribution in [0.25, 0.3) is 0 Å². The number of thiophene rings is 1. The number of piperidine rings is 1. The fourth-order valence-corrected chi connectivity index (χ4v) is 4.38. The summed E-state index contributed by atoms with van der Waals surface area (Å²) < 4.78 is 2.33. The van der Waals surface area contributed by atoms with Gasteiger partial charge in [0, 0.05) is 37.4 Å². The summed E-state index contributed by atoms with van der Waals surface area (Å²) in [6, 6.07) is 1.92. The van der Waals surface area contributed by atoms with Crippen LogP contribution in [0.15, 0.2) is 16.8 Å². The van der Waals surface area contributed by atoms with Crippen LogP contribution in [0.2, 0.25) is 0 Å². The fraction of sp³-hybridized carbons (Fsp3) is 0.588. The third-order valence-corrected chi connectivity index (χ3v) is 5.66. The Morgan fingerprint density at radius 3 is 3.00 bits per heavy atom. The van der Waals surface area contributed by atoms with Gasteiger partial charge in [-0.1, -0.05) is 6.42 Å². The third-order valence-electron chi connectivity index (χ3n) is 4.98. The molecule has 4 heterocycles. The van der Waals surface area contributed by atoms with E-state index in [9.17, 15) is 4.79 Å². The summed E-state index contributed by atoms with van der Waals surface area (Å²) in [6.07, 6.45) is 6.88. The molecule has 0 saturated carbocycles. The first-order chi connectivity index (χ1) is 11.3. The van der Waals surface area contributed by atoms with E-state index in [4.69, 9.17) is 0 Å². The predicted octanol–water partition coefficient (Wildman–Crippen LogP) is 3.09. The van der Waals surface area contributed by atoms with Gasteiger partial charge in [0.15, 0.2) is 0 Å². The molecule has 0 radical (unpaired) electrons. The van der Waals surface area contributed by atoms with Crippen LogP contribution < -0.4 is 0 Å². The van der Waals surface area contributed by atoms with E-state index in [2.05, 4.69) is 14.8 Å². The number of nitrogens with zero attached hydrogens (tertiary/aromatic N) is 4. The van der Waals surface area contributed by atoms with Gasteiger partial charge in [0.1, 0.15) is 11.6 Å². The minimum atomic E-state index is 0.159. The minimum absolute atomic E-state index is 0.159. The lowest BCUT2D eigenvalue weighted by molar-refractivity contribution is 0.0703. The maximum absolute atomic E-state index is 12.6. The highest BCUT2D eigenvalue weighted by Crippen LogP contribution is 2.28. The van der Waals surface area contributed by atoms with Crippen LogP contribution in [0.5, 0.6) is 0 Å². The van der Waals surface area contributed by atoms with E-state index >= 15 is 0 Å². The molecular formula is C17H22N4OS. The van der Waals surface area contributed by atoms with Crippen molar-refractivity contribution in [2.75, 3.05) is 13.1 Å². The summed E-state index contributed by atoms with van der Waals surface area (Å²) in [5, 5.41) is 12.8. The van der Waals surface area contributed by atoms with Gasteiger partial charge in [-0.3, -0.25) is 4.79 Å². The Kier molecular flexibility index (Phi) is 4.16. The molecule has 2 aliphatic rings. The molecular weight excluding hydrogens is 308 g/mol. The van der Waals surface area contributed by atoms with Crippen molar-refractivity contribution >= 4 is 17.2 Å². The Hall–Kier alpha value is -1.69. The van der Waals surface area contributed by atoms with Gasteiger partial charge in [-0.15, -0.1) is 10.2 Å². The van der Waals surface area contributed by atoms with Gasteiger partial charge in [-0.05, 0) is 37.1 Å². The summed E-state index contributed by atoms with van der Waals surface area (Å²) in [7, 11) is 0. The number of amides is 1. The van der Waals surface area contributed by atoms with Crippen molar-refractivity contribution in [2.45, 2.75) is 51.0 Å². The Bertz CT molecular complexity index is 679. The summed E-state index contributed by atoms with van der Waals surface area (Å²) in [6.45, 7) is 2.66. The highest BCUT2D eigenvalue weighted by Gasteiger charge is 2.29. The van der Waals surface area contributed by atoms with Crippen LogP contribution in [0.3, 0.4) is 0 Å². The molecule has 1 atom stereocenters. The van der Waals surface area contributed by atoms with E-state index in [1.165, 1.54) is 19.3 Å². The number of rotatable bonds is 2. The average molecular weight is 330 g/mol. The number of carbonyl (C=O) groups excluding carboxylic acids is 1. The maximum atomic E-state index is 12.6. The number of fused-ring (bicyclic) bond motifs is 1. The average Bonchev–Trinajstić information content (AvgIpc) is 3.20. The number of aryl methyl sites for hydroxylation is 1. The topological polar surface area (TPSA) is 51.0 Å². The number of hydrogen-bond acceptors (Lipinski definition) is 4. The largest absolute Gasteiger partial charge is 0.338 e. The molecule has 23 heavy (non-hydrogen) atoms.